The van der Waals surface area contributed by atoms with Crippen LogP contribution in [0.5, 0.6) is 5.75 Å². The van der Waals surface area contributed by atoms with Crippen LogP contribution in [0.2, 0.25) is 0 Å². The Hall–Kier alpha value is -2.37. The summed E-state index contributed by atoms with van der Waals surface area (Å²) in [4.78, 5) is 18.4. The van der Waals surface area contributed by atoms with Crippen molar-refractivity contribution in [3.63, 3.8) is 0 Å². The van der Waals surface area contributed by atoms with E-state index in [2.05, 4.69) is 22.4 Å². The fourth-order valence-electron chi connectivity index (χ4n) is 3.30. The summed E-state index contributed by atoms with van der Waals surface area (Å²) < 4.78 is 0. The molecular formula is C20H20N2O2S. The summed E-state index contributed by atoms with van der Waals surface area (Å²) in [6.07, 6.45) is 0. The first-order chi connectivity index (χ1) is 12.2. The first-order valence-corrected chi connectivity index (χ1v) is 9.34. The molecule has 1 fully saturated rings. The number of amides is 1. The fourth-order valence-corrected chi connectivity index (χ4v) is 4.05. The van der Waals surface area contributed by atoms with Gasteiger partial charge in [0.2, 0.25) is 0 Å². The van der Waals surface area contributed by atoms with Gasteiger partial charge in [-0.15, -0.1) is 11.3 Å². The predicted molar refractivity (Wildman–Crippen MR) is 101 cm³/mol. The van der Waals surface area contributed by atoms with E-state index in [0.29, 0.717) is 18.7 Å². The number of hydrogen-bond acceptors (Lipinski definition) is 4. The van der Waals surface area contributed by atoms with Gasteiger partial charge in [0.25, 0.3) is 5.91 Å². The first kappa shape index (κ1) is 16.1. The molecule has 0 spiro atoms. The Labute approximate surface area is 150 Å². The van der Waals surface area contributed by atoms with Gasteiger partial charge in [-0.3, -0.25) is 9.69 Å². The van der Waals surface area contributed by atoms with E-state index in [9.17, 15) is 9.90 Å². The predicted octanol–water partition coefficient (Wildman–Crippen LogP) is 3.56. The van der Waals surface area contributed by atoms with E-state index in [1.54, 1.807) is 23.5 Å². The number of fused-ring (bicyclic) bond motifs is 1. The van der Waals surface area contributed by atoms with E-state index in [4.69, 9.17) is 0 Å². The zero-order chi connectivity index (χ0) is 17.2. The second-order valence-electron chi connectivity index (χ2n) is 6.36. The molecule has 3 aromatic rings. The molecule has 1 aliphatic heterocycles. The number of rotatable bonds is 3. The van der Waals surface area contributed by atoms with Crippen LogP contribution in [0, 0.1) is 0 Å². The Bertz CT molecular complexity index is 884. The lowest BCUT2D eigenvalue weighted by molar-refractivity contribution is 0.0627. The summed E-state index contributed by atoms with van der Waals surface area (Å²) >= 11 is 1.77. The van der Waals surface area contributed by atoms with Crippen LogP contribution >= 0.6 is 11.3 Å². The van der Waals surface area contributed by atoms with Gasteiger partial charge in [0, 0.05) is 37.6 Å². The van der Waals surface area contributed by atoms with Gasteiger partial charge in [-0.1, -0.05) is 30.3 Å². The first-order valence-electron chi connectivity index (χ1n) is 8.46. The largest absolute Gasteiger partial charge is 0.507 e. The zero-order valence-corrected chi connectivity index (χ0v) is 14.7. The second kappa shape index (κ2) is 6.86. The number of hydrogen-bond donors (Lipinski definition) is 1. The minimum absolute atomic E-state index is 0.0599. The Morgan fingerprint density at radius 1 is 1.00 bits per heavy atom. The molecule has 0 aliphatic carbocycles. The quantitative estimate of drug-likeness (QED) is 0.784. The number of nitrogens with zero attached hydrogens (tertiary/aromatic N) is 2. The van der Waals surface area contributed by atoms with E-state index in [1.807, 2.05) is 29.2 Å². The van der Waals surface area contributed by atoms with Gasteiger partial charge in [0.05, 0.1) is 5.56 Å². The molecule has 1 aromatic heterocycles. The number of carbonyl (C=O) groups excluding carboxylic acids is 1. The van der Waals surface area contributed by atoms with Gasteiger partial charge in [-0.25, -0.2) is 0 Å². The van der Waals surface area contributed by atoms with Gasteiger partial charge >= 0.3 is 0 Å². The molecular weight excluding hydrogens is 332 g/mol. The van der Waals surface area contributed by atoms with Gasteiger partial charge < -0.3 is 10.0 Å². The highest BCUT2D eigenvalue weighted by Gasteiger charge is 2.24. The average molecular weight is 352 g/mol. The van der Waals surface area contributed by atoms with Gasteiger partial charge in [0.15, 0.2) is 0 Å². The molecule has 0 saturated carbocycles. The standard InChI is InChI=1S/C20H20N2O2S/c23-19-13-16-5-2-1-4-15(16)12-18(19)20(24)22-9-7-21(8-10-22)14-17-6-3-11-25-17/h1-6,11-13,23H,7-10,14H2. The topological polar surface area (TPSA) is 43.8 Å². The molecule has 1 saturated heterocycles. The molecule has 0 radical (unpaired) electrons. The van der Waals surface area contributed by atoms with Gasteiger partial charge in [-0.2, -0.15) is 0 Å². The summed E-state index contributed by atoms with van der Waals surface area (Å²) in [5.74, 6) is -0.0243. The molecule has 0 bridgehead atoms. The van der Waals surface area contributed by atoms with Crippen molar-refractivity contribution in [1.82, 2.24) is 9.80 Å². The maximum absolute atomic E-state index is 12.8. The number of aromatic hydroxyl groups is 1. The number of thiophene rings is 1. The maximum atomic E-state index is 12.8. The number of benzene rings is 2. The van der Waals surface area contributed by atoms with Crippen LogP contribution in [0.1, 0.15) is 15.2 Å². The van der Waals surface area contributed by atoms with Crippen molar-refractivity contribution in [2.45, 2.75) is 6.54 Å². The lowest BCUT2D eigenvalue weighted by atomic mass is 10.0. The normalized spacial score (nSPS) is 15.6. The Morgan fingerprint density at radius 2 is 1.72 bits per heavy atom. The third kappa shape index (κ3) is 3.38. The van der Waals surface area contributed by atoms with Crippen LogP contribution in [0.25, 0.3) is 10.8 Å². The summed E-state index contributed by atoms with van der Waals surface area (Å²) in [6, 6.07) is 15.5. The van der Waals surface area contributed by atoms with Gasteiger partial charge in [0.1, 0.15) is 5.75 Å². The molecule has 128 valence electrons. The molecule has 1 N–H and O–H groups in total. The van der Waals surface area contributed by atoms with E-state index in [0.717, 1.165) is 30.4 Å². The summed E-state index contributed by atoms with van der Waals surface area (Å²) in [5.41, 5.74) is 0.394. The number of piperazine rings is 1. The molecule has 0 unspecified atom stereocenters. The van der Waals surface area contributed by atoms with Crippen molar-refractivity contribution < 1.29 is 9.90 Å². The third-order valence-electron chi connectivity index (χ3n) is 4.71. The monoisotopic (exact) mass is 352 g/mol. The van der Waals surface area contributed by atoms with Crippen molar-refractivity contribution in [2.24, 2.45) is 0 Å². The molecule has 5 heteroatoms. The van der Waals surface area contributed by atoms with E-state index in [1.165, 1.54) is 4.88 Å². The van der Waals surface area contributed by atoms with E-state index >= 15 is 0 Å². The maximum Gasteiger partial charge on any atom is 0.257 e. The lowest BCUT2D eigenvalue weighted by Gasteiger charge is -2.34. The average Bonchev–Trinajstić information content (AvgIpc) is 3.14. The number of carbonyl (C=O) groups is 1. The summed E-state index contributed by atoms with van der Waals surface area (Å²) in [6.45, 7) is 4.05. The van der Waals surface area contributed by atoms with Crippen LogP contribution in [-0.2, 0) is 6.54 Å². The fraction of sp³-hybridized carbons (Fsp3) is 0.250. The molecule has 4 nitrogen and oxygen atoms in total. The summed E-state index contributed by atoms with van der Waals surface area (Å²) in [7, 11) is 0. The molecule has 1 amide bonds. The zero-order valence-electron chi connectivity index (χ0n) is 13.9. The van der Waals surface area contributed by atoms with Crippen LogP contribution in [0.4, 0.5) is 0 Å². The van der Waals surface area contributed by atoms with Crippen molar-refractivity contribution in [2.75, 3.05) is 26.2 Å². The van der Waals surface area contributed by atoms with Gasteiger partial charge in [-0.05, 0) is 34.4 Å². The van der Waals surface area contributed by atoms with E-state index < -0.39 is 0 Å². The molecule has 25 heavy (non-hydrogen) atoms. The highest BCUT2D eigenvalue weighted by atomic mass is 32.1. The Balaban J connectivity index is 1.46. The van der Waals surface area contributed by atoms with Crippen LogP contribution in [0.15, 0.2) is 53.9 Å². The number of phenols is 1. The Morgan fingerprint density at radius 3 is 2.40 bits per heavy atom. The van der Waals surface area contributed by atoms with Crippen molar-refractivity contribution in [3.05, 3.63) is 64.4 Å². The molecule has 2 heterocycles. The van der Waals surface area contributed by atoms with E-state index in [-0.39, 0.29) is 11.7 Å². The molecule has 1 aliphatic rings. The molecule has 4 rings (SSSR count). The Kier molecular flexibility index (Phi) is 4.42. The third-order valence-corrected chi connectivity index (χ3v) is 5.57. The van der Waals surface area contributed by atoms with Crippen LogP contribution in [-0.4, -0.2) is 47.0 Å². The minimum atomic E-state index is -0.0842. The lowest BCUT2D eigenvalue weighted by Crippen LogP contribution is -2.48. The SMILES string of the molecule is O=C(c1cc2ccccc2cc1O)N1CCN(Cc2cccs2)CC1. The minimum Gasteiger partial charge on any atom is -0.507 e. The van der Waals surface area contributed by atoms with Crippen molar-refractivity contribution in [3.8, 4) is 5.75 Å². The molecule has 0 atom stereocenters. The smallest absolute Gasteiger partial charge is 0.257 e. The molecule has 2 aromatic carbocycles. The number of phenolic OH excluding ortho intramolecular Hbond substituents is 1. The van der Waals surface area contributed by atoms with Crippen molar-refractivity contribution in [1.29, 1.82) is 0 Å². The highest BCUT2D eigenvalue weighted by molar-refractivity contribution is 7.09. The second-order valence-corrected chi connectivity index (χ2v) is 7.40. The highest BCUT2D eigenvalue weighted by Crippen LogP contribution is 2.26. The van der Waals surface area contributed by atoms with Crippen LogP contribution in [0.3, 0.4) is 0 Å². The van der Waals surface area contributed by atoms with Crippen molar-refractivity contribution >= 4 is 28.0 Å². The summed E-state index contributed by atoms with van der Waals surface area (Å²) in [5, 5.41) is 14.3. The van der Waals surface area contributed by atoms with Crippen LogP contribution < -0.4 is 0 Å².